The summed E-state index contributed by atoms with van der Waals surface area (Å²) in [6.07, 6.45) is 5.73. The third kappa shape index (κ3) is 4.03. The van der Waals surface area contributed by atoms with Gasteiger partial charge >= 0.3 is 0 Å². The maximum Gasteiger partial charge on any atom is 0.226 e. The van der Waals surface area contributed by atoms with Crippen LogP contribution in [0.25, 0.3) is 11.3 Å². The number of amides is 1. The van der Waals surface area contributed by atoms with E-state index in [1.807, 2.05) is 42.6 Å². The average molecular weight is 335 g/mol. The monoisotopic (exact) mass is 335 g/mol. The van der Waals surface area contributed by atoms with Crippen LogP contribution in [-0.2, 0) is 17.8 Å². The van der Waals surface area contributed by atoms with Crippen LogP contribution in [0.4, 0.5) is 5.69 Å². The van der Waals surface area contributed by atoms with Gasteiger partial charge in [0.05, 0.1) is 18.3 Å². The lowest BCUT2D eigenvalue weighted by Crippen LogP contribution is -2.23. The molecule has 0 saturated carbocycles. The molecule has 0 unspecified atom stereocenters. The zero-order valence-corrected chi connectivity index (χ0v) is 14.4. The minimum Gasteiger partial charge on any atom is -0.381 e. The summed E-state index contributed by atoms with van der Waals surface area (Å²) in [7, 11) is 3.54. The lowest BCUT2D eigenvalue weighted by Gasteiger charge is -2.14. The van der Waals surface area contributed by atoms with Crippen LogP contribution in [0.15, 0.2) is 55.0 Å². The molecule has 128 valence electrons. The third-order valence-electron chi connectivity index (χ3n) is 4.00. The maximum atomic E-state index is 12.0. The van der Waals surface area contributed by atoms with Gasteiger partial charge < -0.3 is 10.2 Å². The van der Waals surface area contributed by atoms with E-state index in [1.165, 1.54) is 0 Å². The van der Waals surface area contributed by atoms with E-state index in [9.17, 15) is 4.79 Å². The quantitative estimate of drug-likeness (QED) is 0.726. The first-order chi connectivity index (χ1) is 12.1. The minimum absolute atomic E-state index is 0.0774. The van der Waals surface area contributed by atoms with Crippen molar-refractivity contribution in [1.82, 2.24) is 20.1 Å². The van der Waals surface area contributed by atoms with Crippen molar-refractivity contribution in [3.8, 4) is 11.3 Å². The molecule has 6 heteroatoms. The number of H-pyrrole nitrogens is 1. The number of benzene rings is 1. The Hall–Kier alpha value is -3.15. The number of aromatic amines is 1. The number of para-hydroxylation sites is 1. The molecule has 0 aliphatic heterocycles. The number of aromatic nitrogens is 3. The fourth-order valence-corrected chi connectivity index (χ4v) is 2.56. The second-order valence-electron chi connectivity index (χ2n) is 5.99. The van der Waals surface area contributed by atoms with Crippen LogP contribution in [0.3, 0.4) is 0 Å². The molecule has 0 saturated heterocycles. The Morgan fingerprint density at radius 2 is 1.96 bits per heavy atom. The van der Waals surface area contributed by atoms with Gasteiger partial charge in [-0.25, -0.2) is 0 Å². The van der Waals surface area contributed by atoms with Crippen molar-refractivity contribution < 1.29 is 4.79 Å². The molecular formula is C19H21N5O. The second-order valence-corrected chi connectivity index (χ2v) is 5.99. The predicted octanol–water partition coefficient (Wildman–Crippen LogP) is 2.71. The number of hydrogen-bond donors (Lipinski definition) is 2. The second kappa shape index (κ2) is 7.61. The zero-order chi connectivity index (χ0) is 17.6. The van der Waals surface area contributed by atoms with Crippen molar-refractivity contribution in [3.05, 3.63) is 66.1 Å². The fourth-order valence-electron chi connectivity index (χ4n) is 2.56. The van der Waals surface area contributed by atoms with Gasteiger partial charge in [0.25, 0.3) is 0 Å². The van der Waals surface area contributed by atoms with Gasteiger partial charge in [-0.05, 0) is 23.8 Å². The van der Waals surface area contributed by atoms with E-state index in [4.69, 9.17) is 0 Å². The molecule has 0 radical (unpaired) electrons. The number of pyridine rings is 1. The number of anilines is 1. The summed E-state index contributed by atoms with van der Waals surface area (Å²) in [5.74, 6) is 0.0774. The Bertz CT molecular complexity index is 842. The van der Waals surface area contributed by atoms with E-state index in [1.54, 1.807) is 31.4 Å². The van der Waals surface area contributed by atoms with Crippen molar-refractivity contribution in [3.63, 3.8) is 0 Å². The molecule has 1 aromatic carbocycles. The van der Waals surface area contributed by atoms with Crippen LogP contribution < -0.4 is 5.32 Å². The number of carbonyl (C=O) groups is 1. The van der Waals surface area contributed by atoms with Crippen molar-refractivity contribution in [2.24, 2.45) is 0 Å². The highest BCUT2D eigenvalue weighted by Gasteiger charge is 2.11. The summed E-state index contributed by atoms with van der Waals surface area (Å²) in [4.78, 5) is 17.8. The number of likely N-dealkylation sites (N-methyl/N-ethyl adjacent to an activating group) is 1. The first-order valence-electron chi connectivity index (χ1n) is 8.09. The van der Waals surface area contributed by atoms with Crippen LogP contribution in [-0.4, -0.2) is 40.1 Å². The van der Waals surface area contributed by atoms with E-state index >= 15 is 0 Å². The van der Waals surface area contributed by atoms with Gasteiger partial charge in [0.2, 0.25) is 5.91 Å². The van der Waals surface area contributed by atoms with Gasteiger partial charge in [0, 0.05) is 49.8 Å². The highest BCUT2D eigenvalue weighted by Crippen LogP contribution is 2.22. The van der Waals surface area contributed by atoms with Crippen LogP contribution in [0, 0.1) is 0 Å². The summed E-state index contributed by atoms with van der Waals surface area (Å²) in [6.45, 7) is 0.605. The van der Waals surface area contributed by atoms with Crippen molar-refractivity contribution in [2.75, 3.05) is 19.4 Å². The SMILES string of the molecule is CN(C)C(=O)Cc1ccccc1NCc1cn[nH]c1-c1cccnc1. The van der Waals surface area contributed by atoms with Crippen LogP contribution in [0.5, 0.6) is 0 Å². The molecule has 3 rings (SSSR count). The van der Waals surface area contributed by atoms with Gasteiger partial charge in [-0.2, -0.15) is 5.10 Å². The number of rotatable bonds is 6. The average Bonchev–Trinajstić information content (AvgIpc) is 3.10. The van der Waals surface area contributed by atoms with Crippen LogP contribution in [0.1, 0.15) is 11.1 Å². The van der Waals surface area contributed by atoms with E-state index in [0.29, 0.717) is 13.0 Å². The smallest absolute Gasteiger partial charge is 0.226 e. The molecule has 0 aliphatic carbocycles. The first-order valence-corrected chi connectivity index (χ1v) is 8.09. The topological polar surface area (TPSA) is 73.9 Å². The standard InChI is InChI=1S/C19H21N5O/c1-24(2)18(25)10-14-6-3-4-8-17(14)21-12-16-13-22-23-19(16)15-7-5-9-20-11-15/h3-9,11,13,21H,10,12H2,1-2H3,(H,22,23). The summed E-state index contributed by atoms with van der Waals surface area (Å²) in [6, 6.07) is 11.8. The Morgan fingerprint density at radius 1 is 1.12 bits per heavy atom. The summed E-state index contributed by atoms with van der Waals surface area (Å²) >= 11 is 0. The summed E-state index contributed by atoms with van der Waals surface area (Å²) < 4.78 is 0. The molecule has 3 aromatic rings. The molecule has 0 bridgehead atoms. The van der Waals surface area contributed by atoms with E-state index < -0.39 is 0 Å². The molecule has 6 nitrogen and oxygen atoms in total. The Balaban J connectivity index is 1.75. The van der Waals surface area contributed by atoms with Gasteiger partial charge in [0.15, 0.2) is 0 Å². The largest absolute Gasteiger partial charge is 0.381 e. The Morgan fingerprint density at radius 3 is 2.72 bits per heavy atom. The lowest BCUT2D eigenvalue weighted by atomic mass is 10.1. The normalized spacial score (nSPS) is 10.5. The van der Waals surface area contributed by atoms with E-state index in [-0.39, 0.29) is 5.91 Å². The number of carbonyl (C=O) groups excluding carboxylic acids is 1. The summed E-state index contributed by atoms with van der Waals surface area (Å²) in [5.41, 5.74) is 4.92. The molecule has 25 heavy (non-hydrogen) atoms. The maximum absolute atomic E-state index is 12.0. The molecule has 2 heterocycles. The Kier molecular flexibility index (Phi) is 5.09. The van der Waals surface area contributed by atoms with E-state index in [2.05, 4.69) is 20.5 Å². The molecule has 0 spiro atoms. The van der Waals surface area contributed by atoms with E-state index in [0.717, 1.165) is 28.1 Å². The van der Waals surface area contributed by atoms with Crippen molar-refractivity contribution in [1.29, 1.82) is 0 Å². The van der Waals surface area contributed by atoms with Gasteiger partial charge in [-0.1, -0.05) is 18.2 Å². The van der Waals surface area contributed by atoms with Gasteiger partial charge in [0.1, 0.15) is 0 Å². The number of hydrogen-bond acceptors (Lipinski definition) is 4. The highest BCUT2D eigenvalue weighted by molar-refractivity contribution is 5.80. The molecule has 2 aromatic heterocycles. The van der Waals surface area contributed by atoms with Crippen molar-refractivity contribution >= 4 is 11.6 Å². The number of nitrogens with one attached hydrogen (secondary N) is 2. The first kappa shape index (κ1) is 16.7. The van der Waals surface area contributed by atoms with Crippen LogP contribution >= 0.6 is 0 Å². The van der Waals surface area contributed by atoms with Gasteiger partial charge in [-0.15, -0.1) is 0 Å². The molecule has 0 fully saturated rings. The lowest BCUT2D eigenvalue weighted by molar-refractivity contribution is -0.127. The highest BCUT2D eigenvalue weighted by atomic mass is 16.2. The predicted molar refractivity (Wildman–Crippen MR) is 98.0 cm³/mol. The van der Waals surface area contributed by atoms with Crippen LogP contribution in [0.2, 0.25) is 0 Å². The molecule has 1 amide bonds. The Labute approximate surface area is 146 Å². The zero-order valence-electron chi connectivity index (χ0n) is 14.4. The summed E-state index contributed by atoms with van der Waals surface area (Å²) in [5, 5.41) is 10.6. The van der Waals surface area contributed by atoms with Gasteiger partial charge in [-0.3, -0.25) is 14.9 Å². The molecule has 2 N–H and O–H groups in total. The minimum atomic E-state index is 0.0774. The molecule has 0 aliphatic rings. The molecular weight excluding hydrogens is 314 g/mol. The number of nitrogens with zero attached hydrogens (tertiary/aromatic N) is 3. The fraction of sp³-hybridized carbons (Fsp3) is 0.211. The van der Waals surface area contributed by atoms with Crippen molar-refractivity contribution in [2.45, 2.75) is 13.0 Å². The third-order valence-corrected chi connectivity index (χ3v) is 4.00. The molecule has 0 atom stereocenters.